The van der Waals surface area contributed by atoms with E-state index < -0.39 is 5.54 Å². The second-order valence-corrected chi connectivity index (χ2v) is 5.02. The highest BCUT2D eigenvalue weighted by molar-refractivity contribution is 5.75. The Morgan fingerprint density at radius 3 is 2.36 bits per heavy atom. The van der Waals surface area contributed by atoms with Gasteiger partial charge in [0.1, 0.15) is 0 Å². The van der Waals surface area contributed by atoms with Gasteiger partial charge in [-0.25, -0.2) is 0 Å². The molecule has 0 radical (unpaired) electrons. The molecule has 0 aromatic carbocycles. The molecule has 1 aliphatic rings. The van der Waals surface area contributed by atoms with Crippen LogP contribution in [0.4, 0.5) is 0 Å². The van der Waals surface area contributed by atoms with Crippen molar-refractivity contribution >= 4 is 5.91 Å². The third-order valence-corrected chi connectivity index (χ3v) is 3.91. The van der Waals surface area contributed by atoms with E-state index in [1.54, 1.807) is 0 Å². The van der Waals surface area contributed by atoms with Crippen LogP contribution in [0.25, 0.3) is 0 Å². The molecule has 0 spiro atoms. The first-order valence-corrected chi connectivity index (χ1v) is 5.01. The van der Waals surface area contributed by atoms with Crippen molar-refractivity contribution < 1.29 is 4.79 Å². The Balaban J connectivity index is 2.94. The lowest BCUT2D eigenvalue weighted by Crippen LogP contribution is -2.59. The molecule has 0 aliphatic carbocycles. The van der Waals surface area contributed by atoms with Gasteiger partial charge in [-0.05, 0) is 34.2 Å². The number of likely N-dealkylation sites (tertiary alicyclic amines) is 1. The number of likely N-dealkylation sites (N-methyl/N-ethyl adjacent to an activating group) is 1. The summed E-state index contributed by atoms with van der Waals surface area (Å²) in [4.78, 5) is 13.2. The fourth-order valence-electron chi connectivity index (χ4n) is 2.42. The topological polar surface area (TPSA) is 72.3 Å². The zero-order valence-corrected chi connectivity index (χ0v) is 9.50. The molecule has 2 atom stereocenters. The maximum absolute atomic E-state index is 11.0. The van der Waals surface area contributed by atoms with Gasteiger partial charge in [-0.3, -0.25) is 9.69 Å². The second-order valence-electron chi connectivity index (χ2n) is 5.02. The average Bonchev–Trinajstić information content (AvgIpc) is 2.11. The number of hydrogen-bond acceptors (Lipinski definition) is 3. The lowest BCUT2D eigenvalue weighted by atomic mass is 9.78. The van der Waals surface area contributed by atoms with Gasteiger partial charge in [0.2, 0.25) is 5.91 Å². The van der Waals surface area contributed by atoms with Crippen molar-refractivity contribution in [3.8, 4) is 0 Å². The Hall–Kier alpha value is -0.610. The molecular weight excluding hydrogens is 178 g/mol. The van der Waals surface area contributed by atoms with Gasteiger partial charge >= 0.3 is 0 Å². The molecule has 2 unspecified atom stereocenters. The SMILES string of the molecule is CC1CC(N)(CC(N)=O)C(C)(C)N1C. The lowest BCUT2D eigenvalue weighted by molar-refractivity contribution is -0.119. The number of primary amides is 1. The summed E-state index contributed by atoms with van der Waals surface area (Å²) in [5.74, 6) is -0.317. The van der Waals surface area contributed by atoms with Crippen LogP contribution in [0, 0.1) is 0 Å². The number of amides is 1. The minimum absolute atomic E-state index is 0.179. The van der Waals surface area contributed by atoms with Crippen molar-refractivity contribution in [1.29, 1.82) is 0 Å². The molecule has 0 aromatic rings. The standard InChI is InChI=1S/C10H21N3O/c1-7-5-10(12,6-8(11)14)9(2,3)13(7)4/h7H,5-6,12H2,1-4H3,(H2,11,14). The van der Waals surface area contributed by atoms with Crippen molar-refractivity contribution in [2.75, 3.05) is 7.05 Å². The lowest BCUT2D eigenvalue weighted by Gasteiger charge is -2.41. The summed E-state index contributed by atoms with van der Waals surface area (Å²) < 4.78 is 0. The minimum atomic E-state index is -0.493. The highest BCUT2D eigenvalue weighted by Gasteiger charge is 2.53. The smallest absolute Gasteiger partial charge is 0.219 e. The van der Waals surface area contributed by atoms with Gasteiger partial charge in [-0.15, -0.1) is 0 Å². The van der Waals surface area contributed by atoms with Gasteiger partial charge in [0.25, 0.3) is 0 Å². The summed E-state index contributed by atoms with van der Waals surface area (Å²) in [6.07, 6.45) is 1.08. The molecule has 1 saturated heterocycles. The Morgan fingerprint density at radius 1 is 1.57 bits per heavy atom. The summed E-state index contributed by atoms with van der Waals surface area (Å²) >= 11 is 0. The molecule has 1 fully saturated rings. The van der Waals surface area contributed by atoms with Crippen molar-refractivity contribution in [3.63, 3.8) is 0 Å². The second kappa shape index (κ2) is 3.21. The molecule has 4 heteroatoms. The number of hydrogen-bond donors (Lipinski definition) is 2. The third-order valence-electron chi connectivity index (χ3n) is 3.91. The Labute approximate surface area is 85.6 Å². The minimum Gasteiger partial charge on any atom is -0.370 e. The van der Waals surface area contributed by atoms with Crippen LogP contribution >= 0.6 is 0 Å². The Kier molecular flexibility index (Phi) is 2.63. The van der Waals surface area contributed by atoms with Crippen LogP contribution in [0.1, 0.15) is 33.6 Å². The van der Waals surface area contributed by atoms with E-state index in [2.05, 4.69) is 25.7 Å². The highest BCUT2D eigenvalue weighted by Crippen LogP contribution is 2.40. The van der Waals surface area contributed by atoms with Crippen molar-refractivity contribution in [3.05, 3.63) is 0 Å². The maximum atomic E-state index is 11.0. The fourth-order valence-corrected chi connectivity index (χ4v) is 2.42. The monoisotopic (exact) mass is 199 g/mol. The molecule has 0 bridgehead atoms. The predicted octanol–water partition coefficient (Wildman–Crippen LogP) is 0.0619. The molecular formula is C10H21N3O. The molecule has 1 amide bonds. The van der Waals surface area contributed by atoms with Crippen molar-refractivity contribution in [2.24, 2.45) is 11.5 Å². The van der Waals surface area contributed by atoms with Crippen LogP contribution in [0.3, 0.4) is 0 Å². The molecule has 4 nitrogen and oxygen atoms in total. The molecule has 4 N–H and O–H groups in total. The van der Waals surface area contributed by atoms with E-state index in [9.17, 15) is 4.79 Å². The van der Waals surface area contributed by atoms with Crippen molar-refractivity contribution in [2.45, 2.75) is 50.7 Å². The van der Waals surface area contributed by atoms with E-state index in [-0.39, 0.29) is 17.9 Å². The van der Waals surface area contributed by atoms with E-state index in [0.29, 0.717) is 6.04 Å². The van der Waals surface area contributed by atoms with Crippen LogP contribution in [-0.4, -0.2) is 35.0 Å². The van der Waals surface area contributed by atoms with Crippen LogP contribution in [0.5, 0.6) is 0 Å². The molecule has 1 aliphatic heterocycles. The number of nitrogens with two attached hydrogens (primary N) is 2. The van der Waals surface area contributed by atoms with Crippen LogP contribution < -0.4 is 11.5 Å². The summed E-state index contributed by atoms with van der Waals surface area (Å²) in [6.45, 7) is 6.26. The van der Waals surface area contributed by atoms with Crippen LogP contribution in [-0.2, 0) is 4.79 Å². The molecule has 14 heavy (non-hydrogen) atoms. The number of carbonyl (C=O) groups is 1. The normalized spacial score (nSPS) is 37.4. The summed E-state index contributed by atoms with van der Waals surface area (Å²) in [5, 5.41) is 0. The highest BCUT2D eigenvalue weighted by atomic mass is 16.1. The van der Waals surface area contributed by atoms with E-state index in [1.807, 2.05) is 7.05 Å². The predicted molar refractivity (Wildman–Crippen MR) is 56.7 cm³/mol. The number of rotatable bonds is 2. The largest absolute Gasteiger partial charge is 0.370 e. The summed E-state index contributed by atoms with van der Waals surface area (Å²) in [5.41, 5.74) is 10.8. The van der Waals surface area contributed by atoms with Crippen LogP contribution in [0.2, 0.25) is 0 Å². The van der Waals surface area contributed by atoms with Gasteiger partial charge < -0.3 is 11.5 Å². The quantitative estimate of drug-likeness (QED) is 0.660. The number of carbonyl (C=O) groups excluding carboxylic acids is 1. The van der Waals surface area contributed by atoms with E-state index >= 15 is 0 Å². The van der Waals surface area contributed by atoms with Crippen molar-refractivity contribution in [1.82, 2.24) is 4.90 Å². The Morgan fingerprint density at radius 2 is 2.07 bits per heavy atom. The Bertz CT molecular complexity index is 252. The van der Waals surface area contributed by atoms with Gasteiger partial charge in [-0.1, -0.05) is 0 Å². The first-order chi connectivity index (χ1) is 6.21. The van der Waals surface area contributed by atoms with Gasteiger partial charge in [0.05, 0.1) is 0 Å². The maximum Gasteiger partial charge on any atom is 0.219 e. The van der Waals surface area contributed by atoms with E-state index in [1.165, 1.54) is 0 Å². The molecule has 1 rings (SSSR count). The van der Waals surface area contributed by atoms with Gasteiger partial charge in [0, 0.05) is 23.5 Å². The van der Waals surface area contributed by atoms with Gasteiger partial charge in [-0.2, -0.15) is 0 Å². The van der Waals surface area contributed by atoms with E-state index in [4.69, 9.17) is 11.5 Å². The molecule has 1 heterocycles. The third kappa shape index (κ3) is 1.53. The summed E-state index contributed by atoms with van der Waals surface area (Å²) in [7, 11) is 2.04. The molecule has 0 saturated carbocycles. The fraction of sp³-hybridized carbons (Fsp3) is 0.900. The first kappa shape index (κ1) is 11.5. The average molecular weight is 199 g/mol. The summed E-state index contributed by atoms with van der Waals surface area (Å²) in [6, 6.07) is 0.398. The van der Waals surface area contributed by atoms with Crippen LogP contribution in [0.15, 0.2) is 0 Å². The molecule has 0 aromatic heterocycles. The number of nitrogens with zero attached hydrogens (tertiary/aromatic N) is 1. The van der Waals surface area contributed by atoms with Gasteiger partial charge in [0.15, 0.2) is 0 Å². The zero-order chi connectivity index (χ0) is 11.1. The molecule has 82 valence electrons. The zero-order valence-electron chi connectivity index (χ0n) is 9.50. The first-order valence-electron chi connectivity index (χ1n) is 5.01. The van der Waals surface area contributed by atoms with E-state index in [0.717, 1.165) is 6.42 Å².